The van der Waals surface area contributed by atoms with Crippen LogP contribution in [0.25, 0.3) is 0 Å². The first-order valence-corrected chi connectivity index (χ1v) is 5.86. The number of hydrogen-bond donors (Lipinski definition) is 2. The first-order chi connectivity index (χ1) is 8.24. The van der Waals surface area contributed by atoms with E-state index in [2.05, 4.69) is 10.3 Å². The number of halogens is 1. The third kappa shape index (κ3) is 4.66. The Morgan fingerprint density at radius 3 is 3.06 bits per heavy atom. The molecular weight excluding hydrogens is 223 g/mol. The fourth-order valence-corrected chi connectivity index (χ4v) is 1.44. The number of aliphatic hydroxyl groups is 1. The summed E-state index contributed by atoms with van der Waals surface area (Å²) in [7, 11) is 0. The summed E-state index contributed by atoms with van der Waals surface area (Å²) in [4.78, 5) is 3.63. The van der Waals surface area contributed by atoms with Gasteiger partial charge < -0.3 is 15.2 Å². The topological polar surface area (TPSA) is 54.4 Å². The van der Waals surface area contributed by atoms with Gasteiger partial charge in [-0.25, -0.2) is 4.98 Å². The number of aliphatic hydroxyl groups excluding tert-OH is 1. The maximum absolute atomic E-state index is 12.8. The second-order valence-electron chi connectivity index (χ2n) is 4.36. The molecule has 0 unspecified atom stereocenters. The Labute approximate surface area is 99.8 Å². The zero-order chi connectivity index (χ0) is 12.1. The van der Waals surface area contributed by atoms with Gasteiger partial charge in [-0.2, -0.15) is 4.39 Å². The highest BCUT2D eigenvalue weighted by molar-refractivity contribution is 5.33. The summed E-state index contributed by atoms with van der Waals surface area (Å²) < 4.78 is 18.1. The van der Waals surface area contributed by atoms with Gasteiger partial charge >= 0.3 is 0 Å². The van der Waals surface area contributed by atoms with Crippen LogP contribution in [0.3, 0.4) is 0 Å². The van der Waals surface area contributed by atoms with Crippen LogP contribution >= 0.6 is 0 Å². The van der Waals surface area contributed by atoms with E-state index in [1.165, 1.54) is 18.9 Å². The molecule has 1 atom stereocenters. The van der Waals surface area contributed by atoms with Crippen LogP contribution in [0.2, 0.25) is 0 Å². The van der Waals surface area contributed by atoms with Gasteiger partial charge in [0.1, 0.15) is 5.82 Å². The van der Waals surface area contributed by atoms with Crippen LogP contribution in [0.4, 0.5) is 10.2 Å². The van der Waals surface area contributed by atoms with Crippen LogP contribution in [0, 0.1) is 11.9 Å². The monoisotopic (exact) mass is 240 g/mol. The van der Waals surface area contributed by atoms with Gasteiger partial charge in [-0.05, 0) is 30.9 Å². The highest BCUT2D eigenvalue weighted by Gasteiger charge is 2.21. The molecule has 0 saturated heterocycles. The highest BCUT2D eigenvalue weighted by Crippen LogP contribution is 2.28. The summed E-state index contributed by atoms with van der Waals surface area (Å²) in [5.41, 5.74) is 0. The van der Waals surface area contributed by atoms with E-state index in [9.17, 15) is 9.50 Å². The standard InChI is InChI=1S/C12H17FN2O2/c13-11-2-1-3-12(15-11)14-6-10(16)8-17-7-9-4-5-9/h1-3,9-10,16H,4-8H2,(H,14,15)/t10-/m1/s1. The average molecular weight is 240 g/mol. The minimum absolute atomic E-state index is 0.304. The molecule has 1 aromatic rings. The minimum atomic E-state index is -0.598. The number of pyridine rings is 1. The lowest BCUT2D eigenvalue weighted by atomic mass is 10.3. The van der Waals surface area contributed by atoms with Crippen LogP contribution in [0.5, 0.6) is 0 Å². The van der Waals surface area contributed by atoms with Crippen LogP contribution in [-0.2, 0) is 4.74 Å². The lowest BCUT2D eigenvalue weighted by Crippen LogP contribution is -2.25. The van der Waals surface area contributed by atoms with E-state index in [1.807, 2.05) is 0 Å². The second kappa shape index (κ2) is 5.93. The molecule has 1 aromatic heterocycles. The van der Waals surface area contributed by atoms with E-state index >= 15 is 0 Å². The van der Waals surface area contributed by atoms with E-state index in [0.717, 1.165) is 6.61 Å². The summed E-state index contributed by atoms with van der Waals surface area (Å²) in [6.07, 6.45) is 1.88. The number of nitrogens with zero attached hydrogens (tertiary/aromatic N) is 1. The van der Waals surface area contributed by atoms with Crippen molar-refractivity contribution < 1.29 is 14.2 Å². The van der Waals surface area contributed by atoms with Crippen LogP contribution in [0.1, 0.15) is 12.8 Å². The number of ether oxygens (including phenoxy) is 1. The molecule has 1 heterocycles. The Bertz CT molecular complexity index is 358. The zero-order valence-corrected chi connectivity index (χ0v) is 9.60. The summed E-state index contributed by atoms with van der Waals surface area (Å²) >= 11 is 0. The maximum atomic E-state index is 12.8. The fourth-order valence-electron chi connectivity index (χ4n) is 1.44. The maximum Gasteiger partial charge on any atom is 0.214 e. The summed E-state index contributed by atoms with van der Waals surface area (Å²) in [5.74, 6) is 0.584. The predicted octanol–water partition coefficient (Wildman–Crippen LogP) is 1.42. The Balaban J connectivity index is 1.62. The van der Waals surface area contributed by atoms with Gasteiger partial charge in [-0.3, -0.25) is 0 Å². The van der Waals surface area contributed by atoms with Crippen molar-refractivity contribution >= 4 is 5.82 Å². The van der Waals surface area contributed by atoms with Gasteiger partial charge in [0.05, 0.1) is 12.7 Å². The molecule has 17 heavy (non-hydrogen) atoms. The van der Waals surface area contributed by atoms with Crippen LogP contribution in [0.15, 0.2) is 18.2 Å². The molecule has 0 bridgehead atoms. The SMILES string of the molecule is O[C@H](CNc1cccc(F)n1)COCC1CC1. The van der Waals surface area contributed by atoms with E-state index in [4.69, 9.17) is 4.74 Å². The van der Waals surface area contributed by atoms with Crippen molar-refractivity contribution in [1.29, 1.82) is 0 Å². The molecule has 2 N–H and O–H groups in total. The molecule has 1 aliphatic carbocycles. The summed E-state index contributed by atoms with van der Waals surface area (Å²) in [6, 6.07) is 4.50. The van der Waals surface area contributed by atoms with E-state index in [0.29, 0.717) is 24.9 Å². The van der Waals surface area contributed by atoms with Crippen LogP contribution in [-0.4, -0.2) is 36.0 Å². The predicted molar refractivity (Wildman–Crippen MR) is 62.2 cm³/mol. The first kappa shape index (κ1) is 12.3. The number of hydrogen-bond acceptors (Lipinski definition) is 4. The normalized spacial score (nSPS) is 16.8. The zero-order valence-electron chi connectivity index (χ0n) is 9.60. The van der Waals surface area contributed by atoms with E-state index in [-0.39, 0.29) is 0 Å². The smallest absolute Gasteiger partial charge is 0.214 e. The molecule has 0 aromatic carbocycles. The van der Waals surface area contributed by atoms with Crippen LogP contribution < -0.4 is 5.32 Å². The minimum Gasteiger partial charge on any atom is -0.389 e. The second-order valence-corrected chi connectivity index (χ2v) is 4.36. The van der Waals surface area contributed by atoms with Gasteiger partial charge in [0.25, 0.3) is 0 Å². The van der Waals surface area contributed by atoms with Crippen molar-refractivity contribution in [1.82, 2.24) is 4.98 Å². The van der Waals surface area contributed by atoms with Crippen molar-refractivity contribution in [2.45, 2.75) is 18.9 Å². The summed E-state index contributed by atoms with van der Waals surface area (Å²) in [6.45, 7) is 1.34. The fraction of sp³-hybridized carbons (Fsp3) is 0.583. The largest absolute Gasteiger partial charge is 0.389 e. The molecule has 1 saturated carbocycles. The Hall–Kier alpha value is -1.20. The van der Waals surface area contributed by atoms with Crippen molar-refractivity contribution in [3.05, 3.63) is 24.1 Å². The average Bonchev–Trinajstić information content (AvgIpc) is 3.11. The van der Waals surface area contributed by atoms with Gasteiger partial charge in [-0.15, -0.1) is 0 Å². The Kier molecular flexibility index (Phi) is 4.28. The van der Waals surface area contributed by atoms with Crippen molar-refractivity contribution in [2.24, 2.45) is 5.92 Å². The number of rotatable bonds is 7. The molecule has 0 aliphatic heterocycles. The van der Waals surface area contributed by atoms with Crippen molar-refractivity contribution in [3.8, 4) is 0 Å². The lowest BCUT2D eigenvalue weighted by Gasteiger charge is -2.12. The third-order valence-corrected chi connectivity index (χ3v) is 2.59. The highest BCUT2D eigenvalue weighted by atomic mass is 19.1. The van der Waals surface area contributed by atoms with E-state index < -0.39 is 12.1 Å². The van der Waals surface area contributed by atoms with Gasteiger partial charge in [-0.1, -0.05) is 6.07 Å². The molecule has 2 rings (SSSR count). The quantitative estimate of drug-likeness (QED) is 0.708. The Morgan fingerprint density at radius 2 is 2.35 bits per heavy atom. The number of nitrogens with one attached hydrogen (secondary N) is 1. The lowest BCUT2D eigenvalue weighted by molar-refractivity contribution is 0.0385. The van der Waals surface area contributed by atoms with Crippen molar-refractivity contribution in [3.63, 3.8) is 0 Å². The first-order valence-electron chi connectivity index (χ1n) is 5.86. The molecule has 0 amide bonds. The molecule has 1 fully saturated rings. The van der Waals surface area contributed by atoms with Gasteiger partial charge in [0.2, 0.25) is 5.95 Å². The van der Waals surface area contributed by atoms with Gasteiger partial charge in [0, 0.05) is 13.2 Å². The Morgan fingerprint density at radius 1 is 1.53 bits per heavy atom. The number of anilines is 1. The van der Waals surface area contributed by atoms with E-state index in [1.54, 1.807) is 12.1 Å². The number of aromatic nitrogens is 1. The molecule has 5 heteroatoms. The van der Waals surface area contributed by atoms with Crippen molar-refractivity contribution in [2.75, 3.05) is 25.1 Å². The molecule has 0 radical (unpaired) electrons. The molecule has 0 spiro atoms. The summed E-state index contributed by atoms with van der Waals surface area (Å²) in [5, 5.41) is 12.5. The third-order valence-electron chi connectivity index (χ3n) is 2.59. The molecule has 94 valence electrons. The molecule has 4 nitrogen and oxygen atoms in total. The molecular formula is C12H17FN2O2. The molecule has 1 aliphatic rings. The van der Waals surface area contributed by atoms with Gasteiger partial charge in [0.15, 0.2) is 0 Å².